The van der Waals surface area contributed by atoms with Gasteiger partial charge in [-0.05, 0) is 12.1 Å². The van der Waals surface area contributed by atoms with Crippen LogP contribution in [0.15, 0.2) is 53.2 Å². The predicted molar refractivity (Wildman–Crippen MR) is 126 cm³/mol. The molecule has 0 aliphatic carbocycles. The fourth-order valence-electron chi connectivity index (χ4n) is 2.87. The van der Waals surface area contributed by atoms with Gasteiger partial charge in [0.2, 0.25) is 0 Å². The third-order valence-electron chi connectivity index (χ3n) is 4.30. The Morgan fingerprint density at radius 2 is 1.71 bits per heavy atom. The number of terminal acetylenes is 1. The fourth-order valence-corrected chi connectivity index (χ4v) is 4.44. The number of hydrogen-bond donors (Lipinski definition) is 1. The summed E-state index contributed by atoms with van der Waals surface area (Å²) in [6, 6.07) is 13.3. The van der Waals surface area contributed by atoms with Gasteiger partial charge in [-0.25, -0.2) is 9.97 Å². The Hall–Kier alpha value is -3.54. The van der Waals surface area contributed by atoms with Gasteiger partial charge in [-0.1, -0.05) is 18.1 Å². The summed E-state index contributed by atoms with van der Waals surface area (Å²) in [6.45, 7) is 0.212. The third kappa shape index (κ3) is 4.79. The predicted octanol–water partition coefficient (Wildman–Crippen LogP) is 5.71. The maximum Gasteiger partial charge on any atom is 0.187 e. The summed E-state index contributed by atoms with van der Waals surface area (Å²) in [6.07, 6.45) is 5.32. The quantitative estimate of drug-likeness (QED) is 0.348. The molecule has 2 heterocycles. The van der Waals surface area contributed by atoms with Crippen LogP contribution in [0, 0.1) is 12.3 Å². The molecule has 0 spiro atoms. The van der Waals surface area contributed by atoms with Gasteiger partial charge < -0.3 is 19.5 Å². The zero-order valence-corrected chi connectivity index (χ0v) is 18.5. The summed E-state index contributed by atoms with van der Waals surface area (Å²) in [5.41, 5.74) is 3.36. The molecule has 0 amide bonds. The summed E-state index contributed by atoms with van der Waals surface area (Å²) in [5.74, 6) is 4.61. The smallest absolute Gasteiger partial charge is 0.187 e. The SMILES string of the molecule is C#CCOc1ccccc1-c1csc(-c2csc(Nc3cc(OC)cc(OC)c3)n2)n1. The lowest BCUT2D eigenvalue weighted by Crippen LogP contribution is -1.95. The van der Waals surface area contributed by atoms with Crippen LogP contribution >= 0.6 is 22.7 Å². The number of anilines is 2. The Bertz CT molecular complexity index is 1200. The number of thiazole rings is 2. The minimum absolute atomic E-state index is 0.212. The highest BCUT2D eigenvalue weighted by Crippen LogP contribution is 2.36. The summed E-state index contributed by atoms with van der Waals surface area (Å²) >= 11 is 3.03. The van der Waals surface area contributed by atoms with Crippen molar-refractivity contribution in [1.29, 1.82) is 0 Å². The second-order valence-corrected chi connectivity index (χ2v) is 8.01. The molecule has 0 aliphatic rings. The molecule has 31 heavy (non-hydrogen) atoms. The molecule has 0 atom stereocenters. The van der Waals surface area contributed by atoms with Crippen LogP contribution in [0.2, 0.25) is 0 Å². The monoisotopic (exact) mass is 449 g/mol. The molecule has 0 saturated heterocycles. The minimum Gasteiger partial charge on any atom is -0.497 e. The van der Waals surface area contributed by atoms with Crippen molar-refractivity contribution in [2.24, 2.45) is 0 Å². The van der Waals surface area contributed by atoms with Gasteiger partial charge in [0.05, 0.1) is 19.9 Å². The van der Waals surface area contributed by atoms with Crippen LogP contribution in [0.1, 0.15) is 0 Å². The van der Waals surface area contributed by atoms with Gasteiger partial charge in [0.25, 0.3) is 0 Å². The average molecular weight is 450 g/mol. The first-order chi connectivity index (χ1) is 15.2. The molecule has 0 aliphatic heterocycles. The van der Waals surface area contributed by atoms with E-state index in [2.05, 4.69) is 16.2 Å². The molecular formula is C23H19N3O3S2. The Kier molecular flexibility index (Phi) is 6.36. The summed E-state index contributed by atoms with van der Waals surface area (Å²) in [7, 11) is 3.24. The van der Waals surface area contributed by atoms with E-state index in [1.807, 2.05) is 53.2 Å². The van der Waals surface area contributed by atoms with Crippen molar-refractivity contribution in [3.63, 3.8) is 0 Å². The molecule has 4 aromatic rings. The Balaban J connectivity index is 1.55. The number of rotatable bonds is 8. The van der Waals surface area contributed by atoms with Crippen molar-refractivity contribution in [3.8, 4) is 51.6 Å². The van der Waals surface area contributed by atoms with Crippen molar-refractivity contribution in [2.45, 2.75) is 0 Å². The topological polar surface area (TPSA) is 65.5 Å². The molecule has 4 rings (SSSR count). The summed E-state index contributed by atoms with van der Waals surface area (Å²) in [5, 5.41) is 8.85. The van der Waals surface area contributed by atoms with Crippen LogP contribution in [-0.4, -0.2) is 30.8 Å². The first-order valence-corrected chi connectivity index (χ1v) is 11.0. The van der Waals surface area contributed by atoms with Crippen LogP contribution in [-0.2, 0) is 0 Å². The second kappa shape index (κ2) is 9.51. The van der Waals surface area contributed by atoms with E-state index in [0.717, 1.165) is 32.8 Å². The van der Waals surface area contributed by atoms with Gasteiger partial charge >= 0.3 is 0 Å². The van der Waals surface area contributed by atoms with Crippen LogP contribution in [0.25, 0.3) is 22.0 Å². The number of aromatic nitrogens is 2. The zero-order valence-electron chi connectivity index (χ0n) is 16.9. The van der Waals surface area contributed by atoms with Crippen molar-refractivity contribution < 1.29 is 14.2 Å². The Morgan fingerprint density at radius 3 is 2.45 bits per heavy atom. The Morgan fingerprint density at radius 1 is 0.968 bits per heavy atom. The number of ether oxygens (including phenoxy) is 3. The first-order valence-electron chi connectivity index (χ1n) is 9.27. The number of para-hydroxylation sites is 1. The molecule has 0 fully saturated rings. The van der Waals surface area contributed by atoms with E-state index >= 15 is 0 Å². The van der Waals surface area contributed by atoms with Gasteiger partial charge in [-0.2, -0.15) is 0 Å². The van der Waals surface area contributed by atoms with Gasteiger partial charge in [0.1, 0.15) is 34.6 Å². The fraction of sp³-hybridized carbons (Fsp3) is 0.130. The van der Waals surface area contributed by atoms with Gasteiger partial charge in [-0.3, -0.25) is 0 Å². The largest absolute Gasteiger partial charge is 0.497 e. The number of methoxy groups -OCH3 is 2. The van der Waals surface area contributed by atoms with Crippen molar-refractivity contribution >= 4 is 33.5 Å². The molecule has 156 valence electrons. The van der Waals surface area contributed by atoms with Crippen molar-refractivity contribution in [3.05, 3.63) is 53.2 Å². The van der Waals surface area contributed by atoms with E-state index in [1.54, 1.807) is 14.2 Å². The zero-order chi connectivity index (χ0) is 21.6. The van der Waals surface area contributed by atoms with E-state index < -0.39 is 0 Å². The molecule has 0 saturated carbocycles. The van der Waals surface area contributed by atoms with Crippen LogP contribution in [0.3, 0.4) is 0 Å². The molecule has 0 radical (unpaired) electrons. The number of nitrogens with one attached hydrogen (secondary N) is 1. The molecule has 2 aromatic heterocycles. The van der Waals surface area contributed by atoms with Crippen LogP contribution in [0.5, 0.6) is 17.2 Å². The van der Waals surface area contributed by atoms with Gasteiger partial charge in [0.15, 0.2) is 5.13 Å². The number of benzene rings is 2. The molecule has 0 bridgehead atoms. The maximum absolute atomic E-state index is 5.65. The third-order valence-corrected chi connectivity index (χ3v) is 5.93. The molecule has 6 nitrogen and oxygen atoms in total. The highest BCUT2D eigenvalue weighted by molar-refractivity contribution is 7.15. The highest BCUT2D eigenvalue weighted by atomic mass is 32.1. The summed E-state index contributed by atoms with van der Waals surface area (Å²) < 4.78 is 16.3. The van der Waals surface area contributed by atoms with Crippen LogP contribution in [0.4, 0.5) is 10.8 Å². The van der Waals surface area contributed by atoms with E-state index in [9.17, 15) is 0 Å². The van der Waals surface area contributed by atoms with E-state index in [0.29, 0.717) is 17.2 Å². The number of hydrogen-bond acceptors (Lipinski definition) is 8. The van der Waals surface area contributed by atoms with E-state index in [4.69, 9.17) is 25.6 Å². The first kappa shape index (κ1) is 20.7. The van der Waals surface area contributed by atoms with Gasteiger partial charge in [-0.15, -0.1) is 29.1 Å². The summed E-state index contributed by atoms with van der Waals surface area (Å²) in [4.78, 5) is 9.44. The standard InChI is InChI=1S/C23H19N3O3S2/c1-4-9-29-21-8-6-5-7-18(21)19-13-30-22(25-19)20-14-31-23(26-20)24-15-10-16(27-2)12-17(11-15)28-3/h1,5-8,10-14H,9H2,2-3H3,(H,24,26). The van der Waals surface area contributed by atoms with Gasteiger partial charge in [0, 0.05) is 40.2 Å². The maximum atomic E-state index is 5.65. The lowest BCUT2D eigenvalue weighted by molar-refractivity contribution is 0.372. The molecule has 0 unspecified atom stereocenters. The Labute approximate surface area is 188 Å². The second-order valence-electron chi connectivity index (χ2n) is 6.29. The van der Waals surface area contributed by atoms with Crippen molar-refractivity contribution in [2.75, 3.05) is 26.1 Å². The lowest BCUT2D eigenvalue weighted by Gasteiger charge is -2.08. The van der Waals surface area contributed by atoms with E-state index in [1.165, 1.54) is 22.7 Å². The van der Waals surface area contributed by atoms with Crippen LogP contribution < -0.4 is 19.5 Å². The average Bonchev–Trinajstić information content (AvgIpc) is 3.47. The molecule has 8 heteroatoms. The molecule has 2 aromatic carbocycles. The molecule has 1 N–H and O–H groups in total. The number of nitrogens with zero attached hydrogens (tertiary/aromatic N) is 2. The normalized spacial score (nSPS) is 10.4. The molecular weight excluding hydrogens is 430 g/mol. The highest BCUT2D eigenvalue weighted by Gasteiger charge is 2.14. The van der Waals surface area contributed by atoms with E-state index in [-0.39, 0.29) is 6.61 Å². The lowest BCUT2D eigenvalue weighted by atomic mass is 10.1. The minimum atomic E-state index is 0.212. The van der Waals surface area contributed by atoms with Crippen molar-refractivity contribution in [1.82, 2.24) is 9.97 Å².